The SMILES string of the molecule is CCSCc1cc(C(=O)N(CC)c2ccccc2Cl)no1. The summed E-state index contributed by atoms with van der Waals surface area (Å²) in [5.41, 5.74) is 0.989. The molecule has 6 heteroatoms. The van der Waals surface area contributed by atoms with Crippen LogP contribution in [0.25, 0.3) is 0 Å². The first kappa shape index (κ1) is 15.9. The number of amides is 1. The molecule has 0 fully saturated rings. The highest BCUT2D eigenvalue weighted by atomic mass is 35.5. The summed E-state index contributed by atoms with van der Waals surface area (Å²) < 4.78 is 5.20. The van der Waals surface area contributed by atoms with Crippen molar-refractivity contribution in [3.8, 4) is 0 Å². The standard InChI is InChI=1S/C15H17ClN2O2S/c1-3-18(14-8-6-5-7-12(14)16)15(19)13-9-11(20-17-13)10-21-4-2/h5-9H,3-4,10H2,1-2H3. The third-order valence-electron chi connectivity index (χ3n) is 2.93. The summed E-state index contributed by atoms with van der Waals surface area (Å²) in [5.74, 6) is 2.21. The lowest BCUT2D eigenvalue weighted by Crippen LogP contribution is -2.31. The zero-order valence-corrected chi connectivity index (χ0v) is 13.6. The number of carbonyl (C=O) groups excluding carboxylic acids is 1. The normalized spacial score (nSPS) is 10.6. The van der Waals surface area contributed by atoms with Gasteiger partial charge in [0.15, 0.2) is 5.69 Å². The molecule has 1 heterocycles. The van der Waals surface area contributed by atoms with E-state index in [2.05, 4.69) is 12.1 Å². The summed E-state index contributed by atoms with van der Waals surface area (Å²) in [4.78, 5) is 14.1. The fourth-order valence-electron chi connectivity index (χ4n) is 1.92. The molecule has 0 aliphatic rings. The van der Waals surface area contributed by atoms with Crippen LogP contribution in [0.15, 0.2) is 34.9 Å². The molecule has 4 nitrogen and oxygen atoms in total. The smallest absolute Gasteiger partial charge is 0.280 e. The molecule has 0 atom stereocenters. The van der Waals surface area contributed by atoms with Crippen LogP contribution in [-0.4, -0.2) is 23.4 Å². The monoisotopic (exact) mass is 324 g/mol. The maximum Gasteiger partial charge on any atom is 0.280 e. The van der Waals surface area contributed by atoms with E-state index in [9.17, 15) is 4.79 Å². The number of para-hydroxylation sites is 1. The van der Waals surface area contributed by atoms with E-state index in [0.29, 0.717) is 28.7 Å². The molecular formula is C15H17ClN2O2S. The van der Waals surface area contributed by atoms with Crippen molar-refractivity contribution in [3.63, 3.8) is 0 Å². The number of halogens is 1. The maximum atomic E-state index is 12.6. The highest BCUT2D eigenvalue weighted by Gasteiger charge is 2.21. The van der Waals surface area contributed by atoms with Crippen molar-refractivity contribution >= 4 is 35.0 Å². The van der Waals surface area contributed by atoms with Crippen molar-refractivity contribution in [2.45, 2.75) is 19.6 Å². The molecule has 1 aromatic heterocycles. The quantitative estimate of drug-likeness (QED) is 0.797. The molecule has 1 amide bonds. The number of nitrogens with zero attached hydrogens (tertiary/aromatic N) is 2. The van der Waals surface area contributed by atoms with E-state index in [1.54, 1.807) is 28.8 Å². The van der Waals surface area contributed by atoms with E-state index in [0.717, 1.165) is 11.5 Å². The van der Waals surface area contributed by atoms with Gasteiger partial charge < -0.3 is 9.42 Å². The third-order valence-corrected chi connectivity index (χ3v) is 4.15. The first-order chi connectivity index (χ1) is 10.2. The van der Waals surface area contributed by atoms with E-state index in [1.165, 1.54) is 0 Å². The predicted molar refractivity (Wildman–Crippen MR) is 87.1 cm³/mol. The number of aromatic nitrogens is 1. The van der Waals surface area contributed by atoms with Crippen LogP contribution in [0.5, 0.6) is 0 Å². The van der Waals surface area contributed by atoms with Crippen LogP contribution >= 0.6 is 23.4 Å². The molecule has 0 aliphatic carbocycles. The van der Waals surface area contributed by atoms with Gasteiger partial charge in [-0.15, -0.1) is 0 Å². The Morgan fingerprint density at radius 2 is 2.14 bits per heavy atom. The van der Waals surface area contributed by atoms with Crippen molar-refractivity contribution < 1.29 is 9.32 Å². The van der Waals surface area contributed by atoms with Gasteiger partial charge in [-0.3, -0.25) is 4.79 Å². The van der Waals surface area contributed by atoms with E-state index in [1.807, 2.05) is 25.1 Å². The lowest BCUT2D eigenvalue weighted by Gasteiger charge is -2.20. The minimum atomic E-state index is -0.206. The van der Waals surface area contributed by atoms with E-state index >= 15 is 0 Å². The Kier molecular flexibility index (Phi) is 5.70. The molecule has 0 unspecified atom stereocenters. The van der Waals surface area contributed by atoms with E-state index in [-0.39, 0.29) is 5.91 Å². The first-order valence-corrected chi connectivity index (χ1v) is 8.30. The second kappa shape index (κ2) is 7.52. The number of carbonyl (C=O) groups is 1. The molecule has 21 heavy (non-hydrogen) atoms. The Labute approximate surface area is 133 Å². The number of rotatable bonds is 6. The topological polar surface area (TPSA) is 46.3 Å². The lowest BCUT2D eigenvalue weighted by atomic mass is 10.2. The van der Waals surface area contributed by atoms with Gasteiger partial charge in [0.1, 0.15) is 5.76 Å². The summed E-state index contributed by atoms with van der Waals surface area (Å²) in [6.45, 7) is 4.48. The van der Waals surface area contributed by atoms with Gasteiger partial charge in [0.2, 0.25) is 0 Å². The second-order valence-corrected chi connectivity index (χ2v) is 6.00. The summed E-state index contributed by atoms with van der Waals surface area (Å²) in [6, 6.07) is 8.96. The minimum absolute atomic E-state index is 0.206. The van der Waals surface area contributed by atoms with E-state index in [4.69, 9.17) is 16.1 Å². The Morgan fingerprint density at radius 1 is 1.38 bits per heavy atom. The van der Waals surface area contributed by atoms with Gasteiger partial charge >= 0.3 is 0 Å². The molecule has 0 saturated heterocycles. The Morgan fingerprint density at radius 3 is 2.81 bits per heavy atom. The maximum absolute atomic E-state index is 12.6. The molecule has 1 aromatic carbocycles. The molecule has 0 aliphatic heterocycles. The van der Waals surface area contributed by atoms with Crippen molar-refractivity contribution in [2.24, 2.45) is 0 Å². The molecule has 0 spiro atoms. The van der Waals surface area contributed by atoms with Crippen LogP contribution in [-0.2, 0) is 5.75 Å². The number of benzene rings is 1. The average molecular weight is 325 g/mol. The van der Waals surface area contributed by atoms with Crippen LogP contribution in [0.3, 0.4) is 0 Å². The van der Waals surface area contributed by atoms with Gasteiger partial charge in [-0.25, -0.2) is 0 Å². The molecule has 112 valence electrons. The van der Waals surface area contributed by atoms with Gasteiger partial charge in [0.25, 0.3) is 5.91 Å². The van der Waals surface area contributed by atoms with Crippen LogP contribution in [0.2, 0.25) is 5.02 Å². The van der Waals surface area contributed by atoms with Gasteiger partial charge in [-0.05, 0) is 24.8 Å². The molecule has 0 saturated carbocycles. The Bertz CT molecular complexity index is 615. The fraction of sp³-hybridized carbons (Fsp3) is 0.333. The van der Waals surface area contributed by atoms with Gasteiger partial charge in [-0.2, -0.15) is 11.8 Å². The van der Waals surface area contributed by atoms with Crippen molar-refractivity contribution in [1.82, 2.24) is 5.16 Å². The van der Waals surface area contributed by atoms with Crippen LogP contribution in [0, 0.1) is 0 Å². The lowest BCUT2D eigenvalue weighted by molar-refractivity contribution is 0.0979. The highest BCUT2D eigenvalue weighted by molar-refractivity contribution is 7.98. The van der Waals surface area contributed by atoms with Crippen LogP contribution < -0.4 is 4.90 Å². The number of hydrogen-bond acceptors (Lipinski definition) is 4. The number of anilines is 1. The average Bonchev–Trinajstić information content (AvgIpc) is 2.96. The zero-order chi connectivity index (χ0) is 15.2. The summed E-state index contributed by atoms with van der Waals surface area (Å²) >= 11 is 7.88. The van der Waals surface area contributed by atoms with Crippen molar-refractivity contribution in [1.29, 1.82) is 0 Å². The molecular weight excluding hydrogens is 308 g/mol. The molecule has 2 aromatic rings. The van der Waals surface area contributed by atoms with Gasteiger partial charge in [0.05, 0.1) is 16.5 Å². The Balaban J connectivity index is 2.20. The number of thioether (sulfide) groups is 1. The van der Waals surface area contributed by atoms with Gasteiger partial charge in [0, 0.05) is 12.6 Å². The van der Waals surface area contributed by atoms with Gasteiger partial charge in [-0.1, -0.05) is 35.8 Å². The van der Waals surface area contributed by atoms with E-state index < -0.39 is 0 Å². The molecule has 0 bridgehead atoms. The predicted octanol–water partition coefficient (Wildman–Crippen LogP) is 4.25. The first-order valence-electron chi connectivity index (χ1n) is 6.77. The summed E-state index contributed by atoms with van der Waals surface area (Å²) in [5, 5.41) is 4.41. The minimum Gasteiger partial charge on any atom is -0.360 e. The second-order valence-electron chi connectivity index (χ2n) is 4.32. The highest BCUT2D eigenvalue weighted by Crippen LogP contribution is 2.26. The number of hydrogen-bond donors (Lipinski definition) is 0. The van der Waals surface area contributed by atoms with Crippen molar-refractivity contribution in [2.75, 3.05) is 17.2 Å². The third kappa shape index (κ3) is 3.80. The summed E-state index contributed by atoms with van der Waals surface area (Å²) in [6.07, 6.45) is 0. The fourth-order valence-corrected chi connectivity index (χ4v) is 2.70. The molecule has 0 N–H and O–H groups in total. The molecule has 2 rings (SSSR count). The Hall–Kier alpha value is -1.46. The van der Waals surface area contributed by atoms with Crippen molar-refractivity contribution in [3.05, 3.63) is 46.8 Å². The largest absolute Gasteiger partial charge is 0.360 e. The van der Waals surface area contributed by atoms with Crippen LogP contribution in [0.4, 0.5) is 5.69 Å². The zero-order valence-electron chi connectivity index (χ0n) is 12.0. The summed E-state index contributed by atoms with van der Waals surface area (Å²) in [7, 11) is 0. The van der Waals surface area contributed by atoms with Crippen LogP contribution in [0.1, 0.15) is 30.1 Å². The molecule has 0 radical (unpaired) electrons.